The number of nitrogens with one attached hydrogen (secondary N) is 2. The molecule has 1 aromatic carbocycles. The number of benzene rings is 1. The number of non-ortho nitro benzene ring substituents is 1. The maximum Gasteiger partial charge on any atom is 0.410 e. The summed E-state index contributed by atoms with van der Waals surface area (Å²) in [6, 6.07) is 5.34. The van der Waals surface area contributed by atoms with Gasteiger partial charge in [0.15, 0.2) is 0 Å². The smallest absolute Gasteiger partial charge is 0.410 e. The number of nitro groups is 1. The van der Waals surface area contributed by atoms with Gasteiger partial charge in [-0.25, -0.2) is 9.59 Å². The summed E-state index contributed by atoms with van der Waals surface area (Å²) in [5.41, 5.74) is -0.233. The molecule has 0 atom stereocenters. The summed E-state index contributed by atoms with van der Waals surface area (Å²) in [6.45, 7) is 9.14. The lowest BCUT2D eigenvalue weighted by atomic mass is 10.2. The molecule has 1 fully saturated rings. The number of hydrogen-bond donors (Lipinski definition) is 2. The number of urea groups is 1. The zero-order chi connectivity index (χ0) is 20.7. The Balaban J connectivity index is 1.67. The molecule has 2 N–H and O–H groups in total. The minimum Gasteiger partial charge on any atom is -0.444 e. The van der Waals surface area contributed by atoms with Crippen molar-refractivity contribution in [3.8, 4) is 0 Å². The molecule has 0 bridgehead atoms. The normalized spacial score (nSPS) is 15.0. The molecule has 1 aromatic rings. The predicted molar refractivity (Wildman–Crippen MR) is 104 cm³/mol. The van der Waals surface area contributed by atoms with Crippen LogP contribution in [0.15, 0.2) is 24.3 Å². The molecular formula is C18H27N5O5. The number of nitro benzene ring substituents is 1. The van der Waals surface area contributed by atoms with E-state index in [1.165, 1.54) is 18.2 Å². The summed E-state index contributed by atoms with van der Waals surface area (Å²) in [5, 5.41) is 16.1. The first-order valence-electron chi connectivity index (χ1n) is 9.13. The van der Waals surface area contributed by atoms with Crippen LogP contribution in [-0.2, 0) is 4.74 Å². The van der Waals surface area contributed by atoms with Gasteiger partial charge in [0, 0.05) is 57.1 Å². The average Bonchev–Trinajstić information content (AvgIpc) is 2.61. The van der Waals surface area contributed by atoms with Gasteiger partial charge < -0.3 is 20.3 Å². The lowest BCUT2D eigenvalue weighted by Gasteiger charge is -2.35. The molecule has 10 heteroatoms. The highest BCUT2D eigenvalue weighted by molar-refractivity contribution is 5.89. The highest BCUT2D eigenvalue weighted by Gasteiger charge is 2.25. The van der Waals surface area contributed by atoms with E-state index in [-0.39, 0.29) is 11.8 Å². The van der Waals surface area contributed by atoms with E-state index in [9.17, 15) is 19.7 Å². The molecule has 0 unspecified atom stereocenters. The van der Waals surface area contributed by atoms with Crippen LogP contribution >= 0.6 is 0 Å². The Morgan fingerprint density at radius 3 is 2.50 bits per heavy atom. The third kappa shape index (κ3) is 7.03. The van der Waals surface area contributed by atoms with E-state index in [1.807, 2.05) is 20.8 Å². The number of carbonyl (C=O) groups is 2. The molecule has 28 heavy (non-hydrogen) atoms. The Bertz CT molecular complexity index is 711. The lowest BCUT2D eigenvalue weighted by molar-refractivity contribution is -0.384. The molecular weight excluding hydrogens is 366 g/mol. The summed E-state index contributed by atoms with van der Waals surface area (Å²) in [4.78, 5) is 38.0. The van der Waals surface area contributed by atoms with Gasteiger partial charge in [0.1, 0.15) is 5.60 Å². The summed E-state index contributed by atoms with van der Waals surface area (Å²) >= 11 is 0. The quantitative estimate of drug-likeness (QED) is 0.585. The Labute approximate surface area is 164 Å². The molecule has 3 amide bonds. The Morgan fingerprint density at radius 1 is 1.21 bits per heavy atom. The standard InChI is InChI=1S/C18H27N5O5/c1-18(2,3)28-17(25)22-11-9-21(10-12-22)8-7-19-16(24)20-14-5-4-6-15(13-14)23(26)27/h4-6,13H,7-12H2,1-3H3,(H2,19,20,24). The van der Waals surface area contributed by atoms with Crippen LogP contribution in [0.5, 0.6) is 0 Å². The van der Waals surface area contributed by atoms with Crippen molar-refractivity contribution in [2.24, 2.45) is 0 Å². The number of hydrogen-bond acceptors (Lipinski definition) is 6. The van der Waals surface area contributed by atoms with Crippen LogP contribution in [0.25, 0.3) is 0 Å². The first-order chi connectivity index (χ1) is 13.1. The first-order valence-corrected chi connectivity index (χ1v) is 9.13. The molecule has 0 radical (unpaired) electrons. The fourth-order valence-corrected chi connectivity index (χ4v) is 2.68. The molecule has 1 saturated heterocycles. The molecule has 1 aliphatic heterocycles. The van der Waals surface area contributed by atoms with Gasteiger partial charge in [0.2, 0.25) is 0 Å². The monoisotopic (exact) mass is 393 g/mol. The van der Waals surface area contributed by atoms with E-state index in [4.69, 9.17) is 4.74 Å². The van der Waals surface area contributed by atoms with Crippen LogP contribution in [0.2, 0.25) is 0 Å². The third-order valence-corrected chi connectivity index (χ3v) is 4.05. The van der Waals surface area contributed by atoms with Crippen LogP contribution in [0.1, 0.15) is 20.8 Å². The van der Waals surface area contributed by atoms with Gasteiger partial charge in [0.05, 0.1) is 4.92 Å². The van der Waals surface area contributed by atoms with Crippen LogP contribution in [-0.4, -0.2) is 71.7 Å². The van der Waals surface area contributed by atoms with Crippen molar-refractivity contribution in [1.29, 1.82) is 0 Å². The molecule has 1 aliphatic rings. The highest BCUT2D eigenvalue weighted by atomic mass is 16.6. The zero-order valence-electron chi connectivity index (χ0n) is 16.4. The van der Waals surface area contributed by atoms with E-state index in [0.29, 0.717) is 45.0 Å². The zero-order valence-corrected chi connectivity index (χ0v) is 16.4. The maximum absolute atomic E-state index is 12.0. The van der Waals surface area contributed by atoms with Gasteiger partial charge in [-0.15, -0.1) is 0 Å². The predicted octanol–water partition coefficient (Wildman–Crippen LogP) is 2.27. The number of nitrogens with zero attached hydrogens (tertiary/aromatic N) is 3. The number of rotatable bonds is 5. The molecule has 0 saturated carbocycles. The van der Waals surface area contributed by atoms with Crippen LogP contribution in [0, 0.1) is 10.1 Å². The van der Waals surface area contributed by atoms with Crippen LogP contribution in [0.4, 0.5) is 21.0 Å². The summed E-state index contributed by atoms with van der Waals surface area (Å²) in [5.74, 6) is 0. The molecule has 10 nitrogen and oxygen atoms in total. The van der Waals surface area contributed by atoms with Gasteiger partial charge in [-0.05, 0) is 26.8 Å². The van der Waals surface area contributed by atoms with Crippen molar-refractivity contribution in [3.05, 3.63) is 34.4 Å². The first kappa shape index (κ1) is 21.4. The topological polar surface area (TPSA) is 117 Å². The number of ether oxygens (including phenoxy) is 1. The number of carbonyl (C=O) groups excluding carboxylic acids is 2. The highest BCUT2D eigenvalue weighted by Crippen LogP contribution is 2.16. The Hall–Kier alpha value is -2.88. The van der Waals surface area contributed by atoms with Crippen molar-refractivity contribution in [2.75, 3.05) is 44.6 Å². The van der Waals surface area contributed by atoms with E-state index in [0.717, 1.165) is 0 Å². The van der Waals surface area contributed by atoms with Crippen molar-refractivity contribution >= 4 is 23.5 Å². The number of anilines is 1. The van der Waals surface area contributed by atoms with E-state index in [2.05, 4.69) is 15.5 Å². The second-order valence-corrected chi connectivity index (χ2v) is 7.50. The van der Waals surface area contributed by atoms with Gasteiger partial charge in [-0.3, -0.25) is 15.0 Å². The van der Waals surface area contributed by atoms with Gasteiger partial charge >= 0.3 is 12.1 Å². The van der Waals surface area contributed by atoms with E-state index < -0.39 is 16.6 Å². The minimum atomic E-state index is -0.514. The minimum absolute atomic E-state index is 0.0827. The fourth-order valence-electron chi connectivity index (χ4n) is 2.68. The summed E-state index contributed by atoms with van der Waals surface area (Å²) in [6.07, 6.45) is -0.304. The second kappa shape index (κ2) is 9.36. The maximum atomic E-state index is 12.0. The van der Waals surface area contributed by atoms with E-state index in [1.54, 1.807) is 11.0 Å². The molecule has 0 spiro atoms. The van der Waals surface area contributed by atoms with Gasteiger partial charge in [0.25, 0.3) is 5.69 Å². The van der Waals surface area contributed by atoms with Gasteiger partial charge in [-0.1, -0.05) is 6.07 Å². The van der Waals surface area contributed by atoms with Crippen LogP contribution < -0.4 is 10.6 Å². The molecule has 0 aromatic heterocycles. The molecule has 154 valence electrons. The SMILES string of the molecule is CC(C)(C)OC(=O)N1CCN(CCNC(=O)Nc2cccc([N+](=O)[O-])c2)CC1. The van der Waals surface area contributed by atoms with Crippen molar-refractivity contribution in [1.82, 2.24) is 15.1 Å². The van der Waals surface area contributed by atoms with Gasteiger partial charge in [-0.2, -0.15) is 0 Å². The van der Waals surface area contributed by atoms with Crippen molar-refractivity contribution in [2.45, 2.75) is 26.4 Å². The number of piperazine rings is 1. The summed E-state index contributed by atoms with van der Waals surface area (Å²) < 4.78 is 5.37. The fraction of sp³-hybridized carbons (Fsp3) is 0.556. The lowest BCUT2D eigenvalue weighted by Crippen LogP contribution is -2.51. The van der Waals surface area contributed by atoms with Crippen molar-refractivity contribution in [3.63, 3.8) is 0 Å². The Morgan fingerprint density at radius 2 is 1.89 bits per heavy atom. The van der Waals surface area contributed by atoms with E-state index >= 15 is 0 Å². The number of amides is 3. The van der Waals surface area contributed by atoms with Crippen LogP contribution in [0.3, 0.4) is 0 Å². The summed E-state index contributed by atoms with van der Waals surface area (Å²) in [7, 11) is 0. The molecule has 1 heterocycles. The van der Waals surface area contributed by atoms with Crippen molar-refractivity contribution < 1.29 is 19.2 Å². The second-order valence-electron chi connectivity index (χ2n) is 7.50. The molecule has 2 rings (SSSR count). The average molecular weight is 393 g/mol. The Kier molecular flexibility index (Phi) is 7.16. The molecule has 0 aliphatic carbocycles. The largest absolute Gasteiger partial charge is 0.444 e. The third-order valence-electron chi connectivity index (χ3n) is 4.05.